The zero-order chi connectivity index (χ0) is 13.9. The van der Waals surface area contributed by atoms with Gasteiger partial charge in [-0.25, -0.2) is 0 Å². The van der Waals surface area contributed by atoms with Crippen molar-refractivity contribution in [3.05, 3.63) is 48.0 Å². The van der Waals surface area contributed by atoms with Gasteiger partial charge in [-0.3, -0.25) is 0 Å². The fourth-order valence-corrected chi connectivity index (χ4v) is 2.98. The number of benzene rings is 2. The monoisotopic (exact) mass is 269 g/mol. The van der Waals surface area contributed by atoms with Crippen molar-refractivity contribution in [3.63, 3.8) is 0 Å². The van der Waals surface area contributed by atoms with E-state index in [-0.39, 0.29) is 6.10 Å². The van der Waals surface area contributed by atoms with E-state index < -0.39 is 0 Å². The second kappa shape index (κ2) is 5.94. The Labute approximate surface area is 121 Å². The van der Waals surface area contributed by atoms with E-state index in [1.807, 2.05) is 0 Å². The standard InChI is InChI=1S/C18H23NO/c1-13(2)19-12-17-9-10-20-18(17)16-8-7-14-5-3-4-6-15(14)11-16/h3-8,11,13,17-19H,9-10,12H2,1-2H3. The molecule has 0 bridgehead atoms. The molecule has 2 aromatic carbocycles. The Morgan fingerprint density at radius 1 is 1.15 bits per heavy atom. The van der Waals surface area contributed by atoms with Crippen LogP contribution in [0.1, 0.15) is 31.9 Å². The molecule has 1 aliphatic heterocycles. The topological polar surface area (TPSA) is 21.3 Å². The molecule has 2 atom stereocenters. The highest BCUT2D eigenvalue weighted by atomic mass is 16.5. The van der Waals surface area contributed by atoms with Crippen molar-refractivity contribution in [2.24, 2.45) is 5.92 Å². The lowest BCUT2D eigenvalue weighted by Gasteiger charge is -2.21. The van der Waals surface area contributed by atoms with Crippen molar-refractivity contribution < 1.29 is 4.74 Å². The lowest BCUT2D eigenvalue weighted by Crippen LogP contribution is -2.30. The molecule has 0 spiro atoms. The third-order valence-electron chi connectivity index (χ3n) is 4.10. The van der Waals surface area contributed by atoms with Crippen LogP contribution in [0.2, 0.25) is 0 Å². The largest absolute Gasteiger partial charge is 0.373 e. The molecule has 0 radical (unpaired) electrons. The third kappa shape index (κ3) is 2.87. The molecular weight excluding hydrogens is 246 g/mol. The summed E-state index contributed by atoms with van der Waals surface area (Å²) in [5.41, 5.74) is 1.32. The second-order valence-electron chi connectivity index (χ2n) is 6.01. The highest BCUT2D eigenvalue weighted by Gasteiger charge is 2.29. The van der Waals surface area contributed by atoms with Crippen LogP contribution in [0.5, 0.6) is 0 Å². The third-order valence-corrected chi connectivity index (χ3v) is 4.10. The number of hydrogen-bond acceptors (Lipinski definition) is 2. The molecule has 2 nitrogen and oxygen atoms in total. The summed E-state index contributed by atoms with van der Waals surface area (Å²) in [7, 11) is 0. The van der Waals surface area contributed by atoms with Crippen LogP contribution in [0.25, 0.3) is 10.8 Å². The van der Waals surface area contributed by atoms with Gasteiger partial charge in [0.25, 0.3) is 0 Å². The predicted molar refractivity (Wildman–Crippen MR) is 83.9 cm³/mol. The van der Waals surface area contributed by atoms with E-state index in [4.69, 9.17) is 4.74 Å². The molecular formula is C18H23NO. The zero-order valence-electron chi connectivity index (χ0n) is 12.3. The van der Waals surface area contributed by atoms with Gasteiger partial charge in [0.15, 0.2) is 0 Å². The SMILES string of the molecule is CC(C)NCC1CCOC1c1ccc2ccccc2c1. The van der Waals surface area contributed by atoms with Gasteiger partial charge in [0.1, 0.15) is 0 Å². The molecule has 2 heteroatoms. The molecule has 20 heavy (non-hydrogen) atoms. The van der Waals surface area contributed by atoms with Crippen molar-refractivity contribution in [1.82, 2.24) is 5.32 Å². The van der Waals surface area contributed by atoms with E-state index in [1.54, 1.807) is 0 Å². The van der Waals surface area contributed by atoms with Gasteiger partial charge in [-0.1, -0.05) is 50.2 Å². The number of ether oxygens (including phenoxy) is 1. The summed E-state index contributed by atoms with van der Waals surface area (Å²) in [5, 5.41) is 6.14. The Hall–Kier alpha value is -1.38. The van der Waals surface area contributed by atoms with Crippen molar-refractivity contribution >= 4 is 10.8 Å². The predicted octanol–water partition coefficient (Wildman–Crippen LogP) is 3.92. The molecule has 106 valence electrons. The molecule has 1 fully saturated rings. The van der Waals surface area contributed by atoms with Gasteiger partial charge in [0.05, 0.1) is 6.10 Å². The average Bonchev–Trinajstić information content (AvgIpc) is 2.93. The Bertz CT molecular complexity index is 578. The Morgan fingerprint density at radius 2 is 1.95 bits per heavy atom. The van der Waals surface area contributed by atoms with Crippen LogP contribution in [-0.4, -0.2) is 19.2 Å². The first kappa shape index (κ1) is 13.6. The summed E-state index contributed by atoms with van der Waals surface area (Å²) in [4.78, 5) is 0. The van der Waals surface area contributed by atoms with Crippen LogP contribution in [0, 0.1) is 5.92 Å². The highest BCUT2D eigenvalue weighted by molar-refractivity contribution is 5.83. The molecule has 0 aromatic heterocycles. The quantitative estimate of drug-likeness (QED) is 0.908. The first-order valence-electron chi connectivity index (χ1n) is 7.58. The summed E-state index contributed by atoms with van der Waals surface area (Å²) in [6, 6.07) is 15.8. The van der Waals surface area contributed by atoms with Crippen molar-refractivity contribution in [1.29, 1.82) is 0 Å². The van der Waals surface area contributed by atoms with Gasteiger partial charge in [-0.15, -0.1) is 0 Å². The van der Waals surface area contributed by atoms with Crippen LogP contribution < -0.4 is 5.32 Å². The lowest BCUT2D eigenvalue weighted by atomic mass is 9.93. The minimum Gasteiger partial charge on any atom is -0.373 e. The maximum Gasteiger partial charge on any atom is 0.0866 e. The van der Waals surface area contributed by atoms with Crippen LogP contribution in [0.4, 0.5) is 0 Å². The summed E-state index contributed by atoms with van der Waals surface area (Å²) in [5.74, 6) is 0.582. The number of hydrogen-bond donors (Lipinski definition) is 1. The van der Waals surface area contributed by atoms with Gasteiger partial charge in [0, 0.05) is 25.1 Å². The van der Waals surface area contributed by atoms with Gasteiger partial charge in [0.2, 0.25) is 0 Å². The van der Waals surface area contributed by atoms with E-state index in [0.29, 0.717) is 12.0 Å². The number of nitrogens with one attached hydrogen (secondary N) is 1. The molecule has 2 unspecified atom stereocenters. The van der Waals surface area contributed by atoms with E-state index in [0.717, 1.165) is 19.6 Å². The molecule has 1 aliphatic rings. The first-order valence-corrected chi connectivity index (χ1v) is 7.58. The minimum absolute atomic E-state index is 0.242. The maximum absolute atomic E-state index is 5.99. The Morgan fingerprint density at radius 3 is 2.75 bits per heavy atom. The molecule has 1 saturated heterocycles. The minimum atomic E-state index is 0.242. The van der Waals surface area contributed by atoms with Crippen LogP contribution in [0.3, 0.4) is 0 Å². The van der Waals surface area contributed by atoms with Crippen molar-refractivity contribution in [2.75, 3.05) is 13.2 Å². The normalized spacial score (nSPS) is 22.8. The second-order valence-corrected chi connectivity index (χ2v) is 6.01. The zero-order valence-corrected chi connectivity index (χ0v) is 12.3. The smallest absolute Gasteiger partial charge is 0.0866 e. The van der Waals surface area contributed by atoms with Crippen molar-refractivity contribution in [2.45, 2.75) is 32.4 Å². The average molecular weight is 269 g/mol. The first-order chi connectivity index (χ1) is 9.74. The highest BCUT2D eigenvalue weighted by Crippen LogP contribution is 2.35. The van der Waals surface area contributed by atoms with E-state index in [1.165, 1.54) is 16.3 Å². The van der Waals surface area contributed by atoms with Crippen LogP contribution in [-0.2, 0) is 4.74 Å². The summed E-state index contributed by atoms with van der Waals surface area (Å²) in [6.45, 7) is 6.30. The number of rotatable bonds is 4. The molecule has 2 aromatic rings. The van der Waals surface area contributed by atoms with Crippen LogP contribution in [0.15, 0.2) is 42.5 Å². The number of fused-ring (bicyclic) bond motifs is 1. The molecule has 0 saturated carbocycles. The van der Waals surface area contributed by atoms with Gasteiger partial charge >= 0.3 is 0 Å². The van der Waals surface area contributed by atoms with Gasteiger partial charge in [-0.2, -0.15) is 0 Å². The fourth-order valence-electron chi connectivity index (χ4n) is 2.98. The lowest BCUT2D eigenvalue weighted by molar-refractivity contribution is 0.0902. The molecule has 1 heterocycles. The summed E-state index contributed by atoms with van der Waals surface area (Å²) in [6.07, 6.45) is 1.39. The molecule has 0 amide bonds. The molecule has 0 aliphatic carbocycles. The summed E-state index contributed by atoms with van der Waals surface area (Å²) >= 11 is 0. The van der Waals surface area contributed by atoms with Crippen molar-refractivity contribution in [3.8, 4) is 0 Å². The molecule has 1 N–H and O–H groups in total. The van der Waals surface area contributed by atoms with Crippen LogP contribution >= 0.6 is 0 Å². The van der Waals surface area contributed by atoms with E-state index in [2.05, 4.69) is 61.6 Å². The van der Waals surface area contributed by atoms with E-state index in [9.17, 15) is 0 Å². The van der Waals surface area contributed by atoms with E-state index >= 15 is 0 Å². The Kier molecular flexibility index (Phi) is 4.04. The van der Waals surface area contributed by atoms with Gasteiger partial charge < -0.3 is 10.1 Å². The molecule has 3 rings (SSSR count). The fraction of sp³-hybridized carbons (Fsp3) is 0.444. The maximum atomic E-state index is 5.99. The van der Waals surface area contributed by atoms with Gasteiger partial charge in [-0.05, 0) is 28.8 Å². The Balaban J connectivity index is 1.81. The summed E-state index contributed by atoms with van der Waals surface area (Å²) < 4.78 is 5.99.